The standard InChI is InChI=1S/C22H23FN2O3/c1-3-25(15-16-8-5-4-6-9-16)20(27)14-22(13-19(26)24(2)21(22)28)17-10-7-11-18(23)12-17/h4-12H,3,13-15H2,1-2H3. The quantitative estimate of drug-likeness (QED) is 0.722. The van der Waals surface area contributed by atoms with Gasteiger partial charge in [-0.2, -0.15) is 0 Å². The minimum absolute atomic E-state index is 0.138. The Hall–Kier alpha value is -3.02. The van der Waals surface area contributed by atoms with Crippen molar-refractivity contribution in [3.8, 4) is 0 Å². The highest BCUT2D eigenvalue weighted by molar-refractivity contribution is 6.10. The number of benzene rings is 2. The normalized spacial score (nSPS) is 19.2. The Morgan fingerprint density at radius 1 is 1.14 bits per heavy atom. The van der Waals surface area contributed by atoms with Gasteiger partial charge >= 0.3 is 0 Å². The second-order valence-corrected chi connectivity index (χ2v) is 7.10. The van der Waals surface area contributed by atoms with Crippen LogP contribution in [-0.4, -0.2) is 41.1 Å². The third kappa shape index (κ3) is 3.67. The van der Waals surface area contributed by atoms with E-state index >= 15 is 0 Å². The average Bonchev–Trinajstić information content (AvgIpc) is 2.91. The topological polar surface area (TPSA) is 57.7 Å². The van der Waals surface area contributed by atoms with Crippen LogP contribution in [0.5, 0.6) is 0 Å². The van der Waals surface area contributed by atoms with Crippen molar-refractivity contribution >= 4 is 17.7 Å². The lowest BCUT2D eigenvalue weighted by Gasteiger charge is -2.30. The number of carbonyl (C=O) groups is 3. The minimum atomic E-state index is -1.37. The van der Waals surface area contributed by atoms with Crippen LogP contribution >= 0.6 is 0 Å². The van der Waals surface area contributed by atoms with Gasteiger partial charge in [-0.3, -0.25) is 19.3 Å². The van der Waals surface area contributed by atoms with Crippen LogP contribution in [0.4, 0.5) is 4.39 Å². The van der Waals surface area contributed by atoms with Crippen molar-refractivity contribution in [2.75, 3.05) is 13.6 Å². The molecule has 0 saturated carbocycles. The molecule has 5 nitrogen and oxygen atoms in total. The molecule has 146 valence electrons. The molecule has 1 aliphatic rings. The number of hydrogen-bond donors (Lipinski definition) is 0. The summed E-state index contributed by atoms with van der Waals surface area (Å²) in [5.41, 5.74) is -0.0301. The maximum absolute atomic E-state index is 13.9. The van der Waals surface area contributed by atoms with Crippen molar-refractivity contribution in [3.63, 3.8) is 0 Å². The summed E-state index contributed by atoms with van der Waals surface area (Å²) in [6.45, 7) is 2.74. The van der Waals surface area contributed by atoms with Crippen LogP contribution in [0, 0.1) is 5.82 Å². The number of likely N-dealkylation sites (tertiary alicyclic amines) is 1. The SMILES string of the molecule is CCN(Cc1ccccc1)C(=O)CC1(c2cccc(F)c2)CC(=O)N(C)C1=O. The van der Waals surface area contributed by atoms with Crippen LogP contribution in [-0.2, 0) is 26.3 Å². The van der Waals surface area contributed by atoms with Crippen LogP contribution in [0.1, 0.15) is 30.9 Å². The third-order valence-corrected chi connectivity index (χ3v) is 5.32. The first kappa shape index (κ1) is 19.7. The molecule has 0 radical (unpaired) electrons. The fourth-order valence-electron chi connectivity index (χ4n) is 3.69. The van der Waals surface area contributed by atoms with E-state index in [2.05, 4.69) is 0 Å². The average molecular weight is 382 g/mol. The Labute approximate surface area is 163 Å². The zero-order valence-electron chi connectivity index (χ0n) is 16.0. The minimum Gasteiger partial charge on any atom is -0.339 e. The van der Waals surface area contributed by atoms with E-state index in [-0.39, 0.29) is 24.7 Å². The molecule has 0 aromatic heterocycles. The monoisotopic (exact) mass is 382 g/mol. The van der Waals surface area contributed by atoms with Gasteiger partial charge in [0.1, 0.15) is 5.82 Å². The summed E-state index contributed by atoms with van der Waals surface area (Å²) in [7, 11) is 1.40. The Morgan fingerprint density at radius 3 is 2.43 bits per heavy atom. The maximum atomic E-state index is 13.9. The van der Waals surface area contributed by atoms with Gasteiger partial charge in [-0.05, 0) is 30.2 Å². The van der Waals surface area contributed by atoms with Gasteiger partial charge in [-0.1, -0.05) is 42.5 Å². The molecule has 1 fully saturated rings. The molecule has 1 heterocycles. The zero-order chi connectivity index (χ0) is 20.3. The van der Waals surface area contributed by atoms with Crippen LogP contribution in [0.25, 0.3) is 0 Å². The summed E-state index contributed by atoms with van der Waals surface area (Å²) >= 11 is 0. The molecule has 1 aliphatic heterocycles. The Bertz CT molecular complexity index is 900. The predicted octanol–water partition coefficient (Wildman–Crippen LogP) is 2.89. The van der Waals surface area contributed by atoms with E-state index in [1.807, 2.05) is 37.3 Å². The molecule has 6 heteroatoms. The number of rotatable bonds is 6. The molecule has 2 aromatic carbocycles. The summed E-state index contributed by atoms with van der Waals surface area (Å²) < 4.78 is 13.9. The number of nitrogens with zero attached hydrogens (tertiary/aromatic N) is 2. The molecule has 28 heavy (non-hydrogen) atoms. The first-order valence-corrected chi connectivity index (χ1v) is 9.26. The predicted molar refractivity (Wildman–Crippen MR) is 103 cm³/mol. The number of amides is 3. The van der Waals surface area contributed by atoms with Crippen molar-refractivity contribution in [1.82, 2.24) is 9.80 Å². The number of halogens is 1. The summed E-state index contributed by atoms with van der Waals surface area (Å²) in [6, 6.07) is 15.2. The second-order valence-electron chi connectivity index (χ2n) is 7.10. The molecule has 0 spiro atoms. The van der Waals surface area contributed by atoms with Crippen LogP contribution in [0.3, 0.4) is 0 Å². The van der Waals surface area contributed by atoms with Crippen molar-refractivity contribution < 1.29 is 18.8 Å². The summed E-state index contributed by atoms with van der Waals surface area (Å²) in [4.78, 5) is 41.0. The van der Waals surface area contributed by atoms with E-state index < -0.39 is 17.1 Å². The van der Waals surface area contributed by atoms with E-state index in [1.165, 1.54) is 25.2 Å². The lowest BCUT2D eigenvalue weighted by atomic mass is 9.75. The number of imide groups is 1. The lowest BCUT2D eigenvalue weighted by Crippen LogP contribution is -2.42. The lowest BCUT2D eigenvalue weighted by molar-refractivity contribution is -0.141. The third-order valence-electron chi connectivity index (χ3n) is 5.32. The van der Waals surface area contributed by atoms with Gasteiger partial charge in [0.15, 0.2) is 0 Å². The first-order chi connectivity index (χ1) is 13.4. The van der Waals surface area contributed by atoms with E-state index in [1.54, 1.807) is 11.0 Å². The van der Waals surface area contributed by atoms with Crippen LogP contribution in [0.2, 0.25) is 0 Å². The fraction of sp³-hybridized carbons (Fsp3) is 0.318. The first-order valence-electron chi connectivity index (χ1n) is 9.26. The highest BCUT2D eigenvalue weighted by Crippen LogP contribution is 2.40. The van der Waals surface area contributed by atoms with Gasteiger partial charge in [0.05, 0.1) is 5.41 Å². The second kappa shape index (κ2) is 7.92. The van der Waals surface area contributed by atoms with Crippen molar-refractivity contribution in [1.29, 1.82) is 0 Å². The van der Waals surface area contributed by atoms with Gasteiger partial charge in [0, 0.05) is 33.0 Å². The number of hydrogen-bond acceptors (Lipinski definition) is 3. The van der Waals surface area contributed by atoms with Crippen LogP contribution < -0.4 is 0 Å². The van der Waals surface area contributed by atoms with Gasteiger partial charge < -0.3 is 4.90 Å². The highest BCUT2D eigenvalue weighted by Gasteiger charge is 2.53. The smallest absolute Gasteiger partial charge is 0.240 e. The molecule has 0 aliphatic carbocycles. The van der Waals surface area contributed by atoms with Crippen LogP contribution in [0.15, 0.2) is 54.6 Å². The number of likely N-dealkylation sites (N-methyl/N-ethyl adjacent to an activating group) is 1. The van der Waals surface area contributed by atoms with E-state index in [0.717, 1.165) is 10.5 Å². The fourth-order valence-corrected chi connectivity index (χ4v) is 3.69. The van der Waals surface area contributed by atoms with Crippen molar-refractivity contribution in [2.45, 2.75) is 31.7 Å². The molecular weight excluding hydrogens is 359 g/mol. The molecule has 0 N–H and O–H groups in total. The zero-order valence-corrected chi connectivity index (χ0v) is 16.0. The molecule has 1 saturated heterocycles. The number of carbonyl (C=O) groups excluding carboxylic acids is 3. The van der Waals surface area contributed by atoms with Gasteiger partial charge in [0.25, 0.3) is 0 Å². The van der Waals surface area contributed by atoms with Crippen molar-refractivity contribution in [3.05, 3.63) is 71.5 Å². The molecule has 3 rings (SSSR count). The van der Waals surface area contributed by atoms with E-state index in [9.17, 15) is 18.8 Å². The molecule has 2 aromatic rings. The highest BCUT2D eigenvalue weighted by atomic mass is 19.1. The molecule has 1 unspecified atom stereocenters. The maximum Gasteiger partial charge on any atom is 0.240 e. The van der Waals surface area contributed by atoms with E-state index in [0.29, 0.717) is 18.7 Å². The molecule has 3 amide bonds. The summed E-state index contributed by atoms with van der Waals surface area (Å²) in [6.07, 6.45) is -0.313. The molecular formula is C22H23FN2O3. The summed E-state index contributed by atoms with van der Waals surface area (Å²) in [5, 5.41) is 0. The van der Waals surface area contributed by atoms with Crippen molar-refractivity contribution in [2.24, 2.45) is 0 Å². The summed E-state index contributed by atoms with van der Waals surface area (Å²) in [5.74, 6) is -1.58. The van der Waals surface area contributed by atoms with E-state index in [4.69, 9.17) is 0 Å². The van der Waals surface area contributed by atoms with Gasteiger partial charge in [0.2, 0.25) is 17.7 Å². The van der Waals surface area contributed by atoms with Gasteiger partial charge in [-0.15, -0.1) is 0 Å². The molecule has 1 atom stereocenters. The Balaban J connectivity index is 1.92. The largest absolute Gasteiger partial charge is 0.339 e. The van der Waals surface area contributed by atoms with Gasteiger partial charge in [-0.25, -0.2) is 4.39 Å². The molecule has 0 bridgehead atoms. The Morgan fingerprint density at radius 2 is 1.86 bits per heavy atom. The Kier molecular flexibility index (Phi) is 5.58.